The molecule has 1 heterocycles. The molecule has 0 atom stereocenters. The van der Waals surface area contributed by atoms with E-state index in [2.05, 4.69) is 22.9 Å². The van der Waals surface area contributed by atoms with Gasteiger partial charge in [-0.05, 0) is 52.7 Å². The van der Waals surface area contributed by atoms with Gasteiger partial charge in [-0.3, -0.25) is 0 Å². The van der Waals surface area contributed by atoms with E-state index in [-0.39, 0.29) is 10.6 Å². The maximum Gasteiger partial charge on any atom is 0.184 e. The molecule has 0 saturated heterocycles. The molecular formula is C13H14BrNO2S2. The third kappa shape index (κ3) is 3.38. The van der Waals surface area contributed by atoms with Gasteiger partial charge in [0.1, 0.15) is 0 Å². The molecule has 2 rings (SSSR count). The number of sulfone groups is 1. The Morgan fingerprint density at radius 3 is 2.47 bits per heavy atom. The monoisotopic (exact) mass is 359 g/mol. The van der Waals surface area contributed by atoms with Crippen molar-refractivity contribution >= 4 is 42.8 Å². The van der Waals surface area contributed by atoms with Crippen LogP contribution in [0.3, 0.4) is 0 Å². The van der Waals surface area contributed by atoms with Crippen LogP contribution in [-0.2, 0) is 22.0 Å². The average molecular weight is 360 g/mol. The fourth-order valence-corrected chi connectivity index (χ4v) is 5.57. The largest absolute Gasteiger partial charge is 0.399 e. The molecule has 0 radical (unpaired) electrons. The van der Waals surface area contributed by atoms with Crippen molar-refractivity contribution in [1.82, 2.24) is 0 Å². The lowest BCUT2D eigenvalue weighted by Gasteiger charge is -2.06. The van der Waals surface area contributed by atoms with Crippen LogP contribution in [0.5, 0.6) is 0 Å². The second kappa shape index (κ2) is 5.64. The van der Waals surface area contributed by atoms with Gasteiger partial charge in [0, 0.05) is 19.9 Å². The molecule has 2 aromatic rings. The minimum absolute atomic E-state index is 0.0280. The third-order valence-corrected chi connectivity index (χ3v) is 6.74. The van der Waals surface area contributed by atoms with Crippen LogP contribution >= 0.6 is 27.3 Å². The number of thiophene rings is 1. The Bertz CT molecular complexity index is 692. The Morgan fingerprint density at radius 2 is 1.89 bits per heavy atom. The van der Waals surface area contributed by atoms with Crippen molar-refractivity contribution in [2.75, 3.05) is 5.73 Å². The maximum atomic E-state index is 12.4. The molecule has 0 saturated carbocycles. The SMILES string of the molecule is CCc1ccc(CS(=O)(=O)c2ccc(N)cc2Br)s1. The molecule has 0 aliphatic rings. The topological polar surface area (TPSA) is 60.2 Å². The van der Waals surface area contributed by atoms with Crippen LogP contribution in [0.4, 0.5) is 5.69 Å². The molecule has 0 aliphatic carbocycles. The summed E-state index contributed by atoms with van der Waals surface area (Å²) in [5.74, 6) is 0.0280. The number of anilines is 1. The van der Waals surface area contributed by atoms with E-state index >= 15 is 0 Å². The minimum Gasteiger partial charge on any atom is -0.399 e. The van der Waals surface area contributed by atoms with Crippen molar-refractivity contribution in [2.45, 2.75) is 24.0 Å². The van der Waals surface area contributed by atoms with Gasteiger partial charge in [-0.15, -0.1) is 11.3 Å². The van der Waals surface area contributed by atoms with Crippen LogP contribution in [-0.4, -0.2) is 8.42 Å². The van der Waals surface area contributed by atoms with Gasteiger partial charge in [0.15, 0.2) is 9.84 Å². The highest BCUT2D eigenvalue weighted by atomic mass is 79.9. The zero-order valence-electron chi connectivity index (χ0n) is 10.4. The smallest absolute Gasteiger partial charge is 0.184 e. The number of nitrogen functional groups attached to an aromatic ring is 1. The van der Waals surface area contributed by atoms with Gasteiger partial charge in [0.25, 0.3) is 0 Å². The first-order valence-corrected chi connectivity index (χ1v) is 9.04. The van der Waals surface area contributed by atoms with Gasteiger partial charge in [-0.2, -0.15) is 0 Å². The van der Waals surface area contributed by atoms with E-state index in [1.807, 2.05) is 12.1 Å². The number of nitrogens with two attached hydrogens (primary N) is 1. The molecule has 3 nitrogen and oxygen atoms in total. The van der Waals surface area contributed by atoms with E-state index in [0.717, 1.165) is 11.3 Å². The van der Waals surface area contributed by atoms with E-state index in [9.17, 15) is 8.42 Å². The van der Waals surface area contributed by atoms with Gasteiger partial charge in [-0.1, -0.05) is 6.92 Å². The van der Waals surface area contributed by atoms with E-state index in [1.54, 1.807) is 29.5 Å². The first-order valence-electron chi connectivity index (χ1n) is 5.77. The summed E-state index contributed by atoms with van der Waals surface area (Å²) in [4.78, 5) is 2.34. The molecule has 0 aliphatic heterocycles. The molecule has 0 amide bonds. The number of hydrogen-bond acceptors (Lipinski definition) is 4. The summed E-state index contributed by atoms with van der Waals surface area (Å²) in [6.45, 7) is 2.06. The van der Waals surface area contributed by atoms with Crippen LogP contribution in [0.2, 0.25) is 0 Å². The Hall–Kier alpha value is -0.850. The van der Waals surface area contributed by atoms with Crippen molar-refractivity contribution in [3.63, 3.8) is 0 Å². The maximum absolute atomic E-state index is 12.4. The molecule has 0 unspecified atom stereocenters. The highest BCUT2D eigenvalue weighted by molar-refractivity contribution is 9.10. The molecule has 1 aromatic heterocycles. The zero-order chi connectivity index (χ0) is 14.0. The molecule has 2 N–H and O–H groups in total. The lowest BCUT2D eigenvalue weighted by Crippen LogP contribution is -2.05. The minimum atomic E-state index is -3.35. The van der Waals surface area contributed by atoms with Crippen LogP contribution in [0, 0.1) is 0 Å². The highest BCUT2D eigenvalue weighted by Gasteiger charge is 2.19. The molecule has 1 aromatic carbocycles. The summed E-state index contributed by atoms with van der Waals surface area (Å²) in [6, 6.07) is 8.62. The molecule has 6 heteroatoms. The molecule has 0 bridgehead atoms. The fraction of sp³-hybridized carbons (Fsp3) is 0.231. The van der Waals surface area contributed by atoms with Crippen molar-refractivity contribution < 1.29 is 8.42 Å². The predicted molar refractivity (Wildman–Crippen MR) is 83.1 cm³/mol. The summed E-state index contributed by atoms with van der Waals surface area (Å²) in [5.41, 5.74) is 6.16. The van der Waals surface area contributed by atoms with E-state index in [0.29, 0.717) is 10.2 Å². The summed E-state index contributed by atoms with van der Waals surface area (Å²) < 4.78 is 25.2. The van der Waals surface area contributed by atoms with Gasteiger partial charge in [0.2, 0.25) is 0 Å². The first-order chi connectivity index (χ1) is 8.92. The molecular weight excluding hydrogens is 346 g/mol. The summed E-state index contributed by atoms with van der Waals surface area (Å²) in [5, 5.41) is 0. The van der Waals surface area contributed by atoms with Crippen LogP contribution in [0.15, 0.2) is 39.7 Å². The van der Waals surface area contributed by atoms with Crippen molar-refractivity contribution in [2.24, 2.45) is 0 Å². The number of aryl methyl sites for hydroxylation is 1. The Kier molecular flexibility index (Phi) is 4.32. The van der Waals surface area contributed by atoms with E-state index in [4.69, 9.17) is 5.73 Å². The molecule has 102 valence electrons. The number of halogens is 1. The van der Waals surface area contributed by atoms with Gasteiger partial charge >= 0.3 is 0 Å². The second-order valence-electron chi connectivity index (χ2n) is 4.17. The van der Waals surface area contributed by atoms with Crippen LogP contribution < -0.4 is 5.73 Å². The average Bonchev–Trinajstić information content (AvgIpc) is 2.75. The Labute approximate surface area is 125 Å². The second-order valence-corrected chi connectivity index (χ2v) is 8.24. The fourth-order valence-electron chi connectivity index (χ4n) is 1.72. The number of rotatable bonds is 4. The predicted octanol–water partition coefficient (Wildman–Crippen LogP) is 3.63. The van der Waals surface area contributed by atoms with Crippen LogP contribution in [0.1, 0.15) is 16.7 Å². The van der Waals surface area contributed by atoms with Crippen molar-refractivity contribution in [1.29, 1.82) is 0 Å². The highest BCUT2D eigenvalue weighted by Crippen LogP contribution is 2.29. The summed E-state index contributed by atoms with van der Waals surface area (Å²) in [6.07, 6.45) is 0.927. The van der Waals surface area contributed by atoms with Crippen LogP contribution in [0.25, 0.3) is 0 Å². The molecule has 0 spiro atoms. The van der Waals surface area contributed by atoms with Crippen molar-refractivity contribution in [3.8, 4) is 0 Å². The normalized spacial score (nSPS) is 11.7. The van der Waals surface area contributed by atoms with Gasteiger partial charge in [0.05, 0.1) is 10.6 Å². The quantitative estimate of drug-likeness (QED) is 0.847. The lowest BCUT2D eigenvalue weighted by atomic mass is 10.3. The van der Waals surface area contributed by atoms with E-state index in [1.165, 1.54) is 4.88 Å². The Balaban J connectivity index is 2.32. The number of hydrogen-bond donors (Lipinski definition) is 1. The summed E-state index contributed by atoms with van der Waals surface area (Å²) >= 11 is 4.80. The first kappa shape index (κ1) is 14.6. The van der Waals surface area contributed by atoms with Crippen molar-refractivity contribution in [3.05, 3.63) is 44.6 Å². The molecule has 19 heavy (non-hydrogen) atoms. The van der Waals surface area contributed by atoms with Gasteiger partial charge < -0.3 is 5.73 Å². The Morgan fingerprint density at radius 1 is 1.21 bits per heavy atom. The third-order valence-electron chi connectivity index (χ3n) is 2.69. The molecule has 0 fully saturated rings. The number of benzene rings is 1. The lowest BCUT2D eigenvalue weighted by molar-refractivity contribution is 0.595. The van der Waals surface area contributed by atoms with Gasteiger partial charge in [-0.25, -0.2) is 8.42 Å². The zero-order valence-corrected chi connectivity index (χ0v) is 13.6. The summed E-state index contributed by atoms with van der Waals surface area (Å²) in [7, 11) is -3.35. The van der Waals surface area contributed by atoms with E-state index < -0.39 is 9.84 Å². The standard InChI is InChI=1S/C13H14BrNO2S2/c1-2-10-4-5-11(18-10)8-19(16,17)13-6-3-9(15)7-12(13)14/h3-7H,2,8,15H2,1H3.